The standard InChI is InChI=1S/C16H23N5O2/c1-5-7-11(3)18-16(22)12-10-17-21(13(12)6-2)14-8-9-15(23-4)20-19-14/h8-11H,5-7H2,1-4H3,(H,18,22)/t11-/m0/s1. The highest BCUT2D eigenvalue weighted by atomic mass is 16.5. The van der Waals surface area contributed by atoms with Gasteiger partial charge in [0.05, 0.1) is 24.6 Å². The van der Waals surface area contributed by atoms with Gasteiger partial charge in [-0.1, -0.05) is 20.3 Å². The predicted octanol–water partition coefficient (Wildman–Crippen LogP) is 2.15. The molecule has 7 nitrogen and oxygen atoms in total. The largest absolute Gasteiger partial charge is 0.480 e. The Morgan fingerprint density at radius 2 is 2.13 bits per heavy atom. The van der Waals surface area contributed by atoms with Crippen LogP contribution in [0.25, 0.3) is 5.82 Å². The molecule has 1 atom stereocenters. The molecule has 2 rings (SSSR count). The molecule has 0 radical (unpaired) electrons. The zero-order valence-corrected chi connectivity index (χ0v) is 14.0. The molecule has 0 aromatic carbocycles. The number of hydrogen-bond donors (Lipinski definition) is 1. The van der Waals surface area contributed by atoms with Gasteiger partial charge in [-0.15, -0.1) is 10.2 Å². The summed E-state index contributed by atoms with van der Waals surface area (Å²) in [5.41, 5.74) is 1.39. The molecule has 23 heavy (non-hydrogen) atoms. The minimum absolute atomic E-state index is 0.101. The van der Waals surface area contributed by atoms with Gasteiger partial charge in [-0.3, -0.25) is 4.79 Å². The van der Waals surface area contributed by atoms with Crippen LogP contribution in [0, 0.1) is 0 Å². The van der Waals surface area contributed by atoms with Crippen molar-refractivity contribution in [2.75, 3.05) is 7.11 Å². The van der Waals surface area contributed by atoms with E-state index in [-0.39, 0.29) is 11.9 Å². The Morgan fingerprint density at radius 3 is 2.70 bits per heavy atom. The van der Waals surface area contributed by atoms with E-state index in [4.69, 9.17) is 4.74 Å². The second-order valence-electron chi connectivity index (χ2n) is 5.37. The maximum absolute atomic E-state index is 12.4. The zero-order chi connectivity index (χ0) is 16.8. The lowest BCUT2D eigenvalue weighted by atomic mass is 10.1. The molecule has 2 heterocycles. The SMILES string of the molecule is CCC[C@H](C)NC(=O)c1cnn(-c2ccc(OC)nn2)c1CC. The Kier molecular flexibility index (Phi) is 5.67. The number of ether oxygens (including phenoxy) is 1. The molecule has 0 aliphatic rings. The van der Waals surface area contributed by atoms with Gasteiger partial charge >= 0.3 is 0 Å². The Bertz CT molecular complexity index is 651. The second kappa shape index (κ2) is 7.71. The molecular formula is C16H23N5O2. The fourth-order valence-electron chi connectivity index (χ4n) is 2.44. The zero-order valence-electron chi connectivity index (χ0n) is 14.0. The summed E-state index contributed by atoms with van der Waals surface area (Å²) in [7, 11) is 1.54. The number of carbonyl (C=O) groups excluding carboxylic acids is 1. The van der Waals surface area contributed by atoms with Gasteiger partial charge in [-0.25, -0.2) is 4.68 Å². The van der Waals surface area contributed by atoms with Crippen LogP contribution in [0.15, 0.2) is 18.3 Å². The van der Waals surface area contributed by atoms with Gasteiger partial charge in [-0.05, 0) is 25.8 Å². The summed E-state index contributed by atoms with van der Waals surface area (Å²) >= 11 is 0. The van der Waals surface area contributed by atoms with E-state index in [0.717, 1.165) is 18.5 Å². The minimum atomic E-state index is -0.101. The van der Waals surface area contributed by atoms with Gasteiger partial charge in [0.15, 0.2) is 5.82 Å². The summed E-state index contributed by atoms with van der Waals surface area (Å²) in [6.45, 7) is 6.09. The fraction of sp³-hybridized carbons (Fsp3) is 0.500. The monoisotopic (exact) mass is 317 g/mol. The van der Waals surface area contributed by atoms with E-state index in [9.17, 15) is 4.79 Å². The molecule has 0 spiro atoms. The highest BCUT2D eigenvalue weighted by molar-refractivity contribution is 5.95. The minimum Gasteiger partial charge on any atom is -0.480 e. The number of nitrogens with one attached hydrogen (secondary N) is 1. The average molecular weight is 317 g/mol. The Balaban J connectivity index is 2.26. The highest BCUT2D eigenvalue weighted by Crippen LogP contribution is 2.15. The van der Waals surface area contributed by atoms with E-state index in [0.29, 0.717) is 23.7 Å². The first-order valence-electron chi connectivity index (χ1n) is 7.86. The molecule has 0 aliphatic carbocycles. The van der Waals surface area contributed by atoms with Crippen LogP contribution in [0.1, 0.15) is 49.7 Å². The Hall–Kier alpha value is -2.44. The van der Waals surface area contributed by atoms with Gasteiger partial charge in [-0.2, -0.15) is 5.10 Å². The van der Waals surface area contributed by atoms with E-state index >= 15 is 0 Å². The lowest BCUT2D eigenvalue weighted by molar-refractivity contribution is 0.0937. The predicted molar refractivity (Wildman–Crippen MR) is 86.9 cm³/mol. The van der Waals surface area contributed by atoms with E-state index in [1.165, 1.54) is 7.11 Å². The third-order valence-corrected chi connectivity index (χ3v) is 3.60. The Labute approximate surface area is 136 Å². The fourth-order valence-corrected chi connectivity index (χ4v) is 2.44. The summed E-state index contributed by atoms with van der Waals surface area (Å²) in [4.78, 5) is 12.4. The first kappa shape index (κ1) is 16.9. The molecule has 1 N–H and O–H groups in total. The Morgan fingerprint density at radius 1 is 1.35 bits per heavy atom. The number of hydrogen-bond acceptors (Lipinski definition) is 5. The van der Waals surface area contributed by atoms with Gasteiger partial charge in [0, 0.05) is 12.1 Å². The van der Waals surface area contributed by atoms with E-state index in [1.807, 2.05) is 13.8 Å². The van der Waals surface area contributed by atoms with Crippen molar-refractivity contribution in [2.45, 2.75) is 46.1 Å². The molecule has 0 aliphatic heterocycles. The number of aromatic nitrogens is 4. The third kappa shape index (κ3) is 3.85. The summed E-state index contributed by atoms with van der Waals surface area (Å²) < 4.78 is 6.65. The van der Waals surface area contributed by atoms with Crippen LogP contribution in [0.4, 0.5) is 0 Å². The highest BCUT2D eigenvalue weighted by Gasteiger charge is 2.19. The molecule has 1 amide bonds. The van der Waals surface area contributed by atoms with Gasteiger partial charge in [0.2, 0.25) is 5.88 Å². The molecule has 0 fully saturated rings. The lowest BCUT2D eigenvalue weighted by Crippen LogP contribution is -2.32. The van der Waals surface area contributed by atoms with Crippen molar-refractivity contribution in [3.8, 4) is 11.7 Å². The summed E-state index contributed by atoms with van der Waals surface area (Å²) in [5, 5.41) is 15.3. The van der Waals surface area contributed by atoms with Crippen LogP contribution in [0.2, 0.25) is 0 Å². The van der Waals surface area contributed by atoms with Gasteiger partial charge < -0.3 is 10.1 Å². The molecule has 7 heteroatoms. The van der Waals surface area contributed by atoms with Crippen molar-refractivity contribution in [2.24, 2.45) is 0 Å². The molecule has 2 aromatic heterocycles. The third-order valence-electron chi connectivity index (χ3n) is 3.60. The van der Waals surface area contributed by atoms with Gasteiger partial charge in [0.1, 0.15) is 0 Å². The molecule has 0 unspecified atom stereocenters. The number of methoxy groups -OCH3 is 1. The summed E-state index contributed by atoms with van der Waals surface area (Å²) in [5.74, 6) is 0.893. The first-order valence-corrected chi connectivity index (χ1v) is 7.86. The number of rotatable bonds is 7. The number of nitrogens with zero attached hydrogens (tertiary/aromatic N) is 4. The first-order chi connectivity index (χ1) is 11.1. The van der Waals surface area contributed by atoms with Crippen molar-refractivity contribution in [3.05, 3.63) is 29.6 Å². The second-order valence-corrected chi connectivity index (χ2v) is 5.37. The van der Waals surface area contributed by atoms with Crippen LogP contribution in [0.3, 0.4) is 0 Å². The van der Waals surface area contributed by atoms with Crippen molar-refractivity contribution < 1.29 is 9.53 Å². The van der Waals surface area contributed by atoms with Crippen LogP contribution >= 0.6 is 0 Å². The topological polar surface area (TPSA) is 81.9 Å². The van der Waals surface area contributed by atoms with Crippen molar-refractivity contribution in [1.82, 2.24) is 25.3 Å². The molecule has 0 bridgehead atoms. The molecule has 0 saturated heterocycles. The molecule has 124 valence electrons. The number of amides is 1. The van der Waals surface area contributed by atoms with Crippen molar-refractivity contribution in [3.63, 3.8) is 0 Å². The van der Waals surface area contributed by atoms with Crippen molar-refractivity contribution in [1.29, 1.82) is 0 Å². The quantitative estimate of drug-likeness (QED) is 0.846. The molecular weight excluding hydrogens is 294 g/mol. The maximum atomic E-state index is 12.4. The van der Waals surface area contributed by atoms with Crippen LogP contribution in [0.5, 0.6) is 5.88 Å². The lowest BCUT2D eigenvalue weighted by Gasteiger charge is -2.13. The number of carbonyl (C=O) groups is 1. The molecule has 2 aromatic rings. The van der Waals surface area contributed by atoms with Crippen LogP contribution < -0.4 is 10.1 Å². The van der Waals surface area contributed by atoms with Crippen LogP contribution in [-0.2, 0) is 6.42 Å². The molecule has 0 saturated carbocycles. The van der Waals surface area contributed by atoms with Gasteiger partial charge in [0.25, 0.3) is 5.91 Å². The van der Waals surface area contributed by atoms with E-state index < -0.39 is 0 Å². The summed E-state index contributed by atoms with van der Waals surface area (Å²) in [6.07, 6.45) is 4.23. The van der Waals surface area contributed by atoms with E-state index in [2.05, 4.69) is 27.5 Å². The van der Waals surface area contributed by atoms with E-state index in [1.54, 1.807) is 23.0 Å². The smallest absolute Gasteiger partial charge is 0.254 e. The summed E-state index contributed by atoms with van der Waals surface area (Å²) in [6, 6.07) is 3.62. The maximum Gasteiger partial charge on any atom is 0.254 e. The van der Waals surface area contributed by atoms with Crippen LogP contribution in [-0.4, -0.2) is 39.0 Å². The normalized spacial score (nSPS) is 12.0. The average Bonchev–Trinajstić information content (AvgIpc) is 2.99. The van der Waals surface area contributed by atoms with Crippen molar-refractivity contribution >= 4 is 5.91 Å².